The molecule has 100 valence electrons. The van der Waals surface area contributed by atoms with Crippen LogP contribution in [0.5, 0.6) is 11.5 Å². The van der Waals surface area contributed by atoms with E-state index in [0.29, 0.717) is 23.6 Å². The van der Waals surface area contributed by atoms with E-state index in [1.807, 2.05) is 24.3 Å². The van der Waals surface area contributed by atoms with E-state index in [1.165, 1.54) is 4.57 Å². The Hall–Kier alpha value is -2.74. The van der Waals surface area contributed by atoms with Crippen LogP contribution in [0.25, 0.3) is 0 Å². The van der Waals surface area contributed by atoms with Crippen molar-refractivity contribution in [2.24, 2.45) is 0 Å². The fraction of sp³-hybridized carbons (Fsp3) is 0.200. The number of hydrogen-bond acceptors (Lipinski definition) is 4. The van der Waals surface area contributed by atoms with Crippen molar-refractivity contribution in [2.45, 2.75) is 13.5 Å². The van der Waals surface area contributed by atoms with E-state index in [9.17, 15) is 4.79 Å². The predicted octanol–water partition coefficient (Wildman–Crippen LogP) is 1.81. The standard InChI is InChI=1S/C15H12N2O3/c1-10-4-5-17(15(18)12(10)7-16)8-11-2-3-13-14(6-11)20-9-19-13/h2-6H,8-9H2,1H3. The summed E-state index contributed by atoms with van der Waals surface area (Å²) in [6, 6.07) is 9.27. The molecule has 0 atom stereocenters. The van der Waals surface area contributed by atoms with Crippen molar-refractivity contribution < 1.29 is 9.47 Å². The van der Waals surface area contributed by atoms with E-state index in [-0.39, 0.29) is 17.9 Å². The number of hydrogen-bond donors (Lipinski definition) is 0. The lowest BCUT2D eigenvalue weighted by atomic mass is 10.1. The number of aromatic nitrogens is 1. The van der Waals surface area contributed by atoms with Crippen LogP contribution in [0.2, 0.25) is 0 Å². The summed E-state index contributed by atoms with van der Waals surface area (Å²) >= 11 is 0. The molecular formula is C15H12N2O3. The summed E-state index contributed by atoms with van der Waals surface area (Å²) in [5.74, 6) is 1.39. The monoisotopic (exact) mass is 268 g/mol. The highest BCUT2D eigenvalue weighted by Crippen LogP contribution is 2.32. The van der Waals surface area contributed by atoms with Crippen LogP contribution in [0.1, 0.15) is 16.7 Å². The number of nitrogens with zero attached hydrogens (tertiary/aromatic N) is 2. The van der Waals surface area contributed by atoms with Gasteiger partial charge in [0, 0.05) is 6.20 Å². The molecule has 1 aromatic carbocycles. The van der Waals surface area contributed by atoms with Gasteiger partial charge in [0.05, 0.1) is 6.54 Å². The molecule has 0 N–H and O–H groups in total. The van der Waals surface area contributed by atoms with E-state index in [2.05, 4.69) is 0 Å². The number of benzene rings is 1. The SMILES string of the molecule is Cc1ccn(Cc2ccc3c(c2)OCO3)c(=O)c1C#N. The normalized spacial score (nSPS) is 12.2. The van der Waals surface area contributed by atoms with Gasteiger partial charge in [-0.1, -0.05) is 6.07 Å². The molecule has 5 nitrogen and oxygen atoms in total. The van der Waals surface area contributed by atoms with E-state index >= 15 is 0 Å². The molecule has 0 saturated carbocycles. The molecule has 5 heteroatoms. The highest BCUT2D eigenvalue weighted by atomic mass is 16.7. The summed E-state index contributed by atoms with van der Waals surface area (Å²) < 4.78 is 12.1. The van der Waals surface area contributed by atoms with Crippen molar-refractivity contribution in [1.29, 1.82) is 5.26 Å². The Bertz CT molecular complexity index is 772. The molecule has 1 aromatic heterocycles. The Kier molecular flexibility index (Phi) is 2.92. The molecule has 0 unspecified atom stereocenters. The molecule has 20 heavy (non-hydrogen) atoms. The van der Waals surface area contributed by atoms with E-state index in [1.54, 1.807) is 19.2 Å². The van der Waals surface area contributed by atoms with Crippen LogP contribution in [-0.2, 0) is 6.54 Å². The average Bonchev–Trinajstić information content (AvgIpc) is 2.90. The first kappa shape index (κ1) is 12.3. The van der Waals surface area contributed by atoms with Gasteiger partial charge in [0.25, 0.3) is 5.56 Å². The van der Waals surface area contributed by atoms with Gasteiger partial charge in [0.15, 0.2) is 11.5 Å². The van der Waals surface area contributed by atoms with Gasteiger partial charge in [-0.25, -0.2) is 0 Å². The van der Waals surface area contributed by atoms with Gasteiger partial charge >= 0.3 is 0 Å². The van der Waals surface area contributed by atoms with E-state index in [0.717, 1.165) is 5.56 Å². The lowest BCUT2D eigenvalue weighted by Gasteiger charge is -2.08. The number of pyridine rings is 1. The topological polar surface area (TPSA) is 64.2 Å². The van der Waals surface area contributed by atoms with Gasteiger partial charge in [-0.05, 0) is 36.2 Å². The van der Waals surface area contributed by atoms with Crippen molar-refractivity contribution in [3.05, 3.63) is 57.5 Å². The van der Waals surface area contributed by atoms with Gasteiger partial charge in [-0.15, -0.1) is 0 Å². The maximum Gasteiger partial charge on any atom is 0.269 e. The van der Waals surface area contributed by atoms with Crippen LogP contribution >= 0.6 is 0 Å². The quantitative estimate of drug-likeness (QED) is 0.833. The van der Waals surface area contributed by atoms with E-state index < -0.39 is 0 Å². The molecule has 1 aliphatic rings. The number of nitriles is 1. The molecule has 0 aliphatic carbocycles. The first-order chi connectivity index (χ1) is 9.69. The average molecular weight is 268 g/mol. The minimum Gasteiger partial charge on any atom is -0.454 e. The Morgan fingerprint density at radius 2 is 2.10 bits per heavy atom. The van der Waals surface area contributed by atoms with Gasteiger partial charge < -0.3 is 14.0 Å². The fourth-order valence-electron chi connectivity index (χ4n) is 2.16. The minimum absolute atomic E-state index is 0.188. The zero-order valence-electron chi connectivity index (χ0n) is 10.9. The third-order valence-corrected chi connectivity index (χ3v) is 3.28. The summed E-state index contributed by atoms with van der Waals surface area (Å²) in [6.07, 6.45) is 1.70. The third kappa shape index (κ3) is 2.01. The van der Waals surface area contributed by atoms with Crippen molar-refractivity contribution in [2.75, 3.05) is 6.79 Å². The second-order valence-electron chi connectivity index (χ2n) is 4.61. The molecule has 3 rings (SSSR count). The van der Waals surface area contributed by atoms with Crippen molar-refractivity contribution >= 4 is 0 Å². The smallest absolute Gasteiger partial charge is 0.269 e. The Morgan fingerprint density at radius 1 is 1.30 bits per heavy atom. The number of ether oxygens (including phenoxy) is 2. The number of rotatable bonds is 2. The Labute approximate surface area is 115 Å². The van der Waals surface area contributed by atoms with Crippen LogP contribution in [0, 0.1) is 18.3 Å². The number of aryl methyl sites for hydroxylation is 1. The first-order valence-electron chi connectivity index (χ1n) is 6.17. The summed E-state index contributed by atoms with van der Waals surface area (Å²) in [6.45, 7) is 2.37. The molecule has 0 saturated heterocycles. The van der Waals surface area contributed by atoms with Gasteiger partial charge in [0.1, 0.15) is 11.6 Å². The summed E-state index contributed by atoms with van der Waals surface area (Å²) in [7, 11) is 0. The van der Waals surface area contributed by atoms with Crippen molar-refractivity contribution in [3.63, 3.8) is 0 Å². The largest absolute Gasteiger partial charge is 0.454 e. The van der Waals surface area contributed by atoms with Gasteiger partial charge in [-0.2, -0.15) is 5.26 Å². The lowest BCUT2D eigenvalue weighted by molar-refractivity contribution is 0.174. The second kappa shape index (κ2) is 4.74. The second-order valence-corrected chi connectivity index (χ2v) is 4.61. The molecule has 1 aliphatic heterocycles. The molecule has 0 fully saturated rings. The maximum absolute atomic E-state index is 12.1. The molecule has 0 spiro atoms. The Balaban J connectivity index is 1.96. The summed E-state index contributed by atoms with van der Waals surface area (Å²) in [5, 5.41) is 9.02. The van der Waals surface area contributed by atoms with E-state index in [4.69, 9.17) is 14.7 Å². The summed E-state index contributed by atoms with van der Waals surface area (Å²) in [4.78, 5) is 12.1. The predicted molar refractivity (Wildman–Crippen MR) is 71.8 cm³/mol. The molecule has 0 amide bonds. The highest BCUT2D eigenvalue weighted by Gasteiger charge is 2.14. The molecule has 0 radical (unpaired) electrons. The molecular weight excluding hydrogens is 256 g/mol. The van der Waals surface area contributed by atoms with Gasteiger partial charge in [0.2, 0.25) is 6.79 Å². The van der Waals surface area contributed by atoms with Gasteiger partial charge in [-0.3, -0.25) is 4.79 Å². The molecule has 0 bridgehead atoms. The zero-order chi connectivity index (χ0) is 14.1. The van der Waals surface area contributed by atoms with Crippen molar-refractivity contribution in [3.8, 4) is 17.6 Å². The third-order valence-electron chi connectivity index (χ3n) is 3.28. The summed E-state index contributed by atoms with van der Waals surface area (Å²) in [5.41, 5.74) is 1.53. The lowest BCUT2D eigenvalue weighted by Crippen LogP contribution is -2.23. The molecule has 2 heterocycles. The fourth-order valence-corrected chi connectivity index (χ4v) is 2.16. The first-order valence-corrected chi connectivity index (χ1v) is 6.17. The van der Waals surface area contributed by atoms with Crippen molar-refractivity contribution in [1.82, 2.24) is 4.57 Å². The highest BCUT2D eigenvalue weighted by molar-refractivity contribution is 5.44. The van der Waals surface area contributed by atoms with Crippen LogP contribution in [0.3, 0.4) is 0 Å². The Morgan fingerprint density at radius 3 is 2.90 bits per heavy atom. The minimum atomic E-state index is -0.273. The maximum atomic E-state index is 12.1. The van der Waals surface area contributed by atoms with Crippen LogP contribution in [0.4, 0.5) is 0 Å². The van der Waals surface area contributed by atoms with Crippen LogP contribution < -0.4 is 15.0 Å². The molecule has 2 aromatic rings. The van der Waals surface area contributed by atoms with Crippen LogP contribution in [0.15, 0.2) is 35.3 Å². The van der Waals surface area contributed by atoms with Crippen LogP contribution in [-0.4, -0.2) is 11.4 Å². The zero-order valence-corrected chi connectivity index (χ0v) is 10.9. The number of fused-ring (bicyclic) bond motifs is 1.